The molecule has 2 aromatic heterocycles. The SMILES string of the molecule is Cc1nc2cc(Cn3cnc(Cc4ccccc4)c3CC(N)=O)ccc2[nH]1. The number of primary amides is 1. The van der Waals surface area contributed by atoms with Crippen molar-refractivity contribution in [1.82, 2.24) is 19.5 Å². The van der Waals surface area contributed by atoms with E-state index in [4.69, 9.17) is 5.73 Å². The zero-order valence-electron chi connectivity index (χ0n) is 15.1. The number of H-pyrrole nitrogens is 1. The predicted octanol–water partition coefficient (Wildman–Crippen LogP) is 2.73. The molecule has 0 saturated carbocycles. The third-order valence-electron chi connectivity index (χ3n) is 4.61. The van der Waals surface area contributed by atoms with Gasteiger partial charge in [0.1, 0.15) is 5.82 Å². The minimum absolute atomic E-state index is 0.173. The van der Waals surface area contributed by atoms with E-state index in [0.29, 0.717) is 13.0 Å². The Morgan fingerprint density at radius 2 is 1.96 bits per heavy atom. The first-order valence-electron chi connectivity index (χ1n) is 8.89. The number of hydrogen-bond acceptors (Lipinski definition) is 3. The maximum atomic E-state index is 11.6. The zero-order valence-corrected chi connectivity index (χ0v) is 15.1. The number of nitrogens with two attached hydrogens (primary N) is 1. The van der Waals surface area contributed by atoms with Crippen LogP contribution in [0.1, 0.15) is 28.3 Å². The van der Waals surface area contributed by atoms with E-state index in [1.165, 1.54) is 0 Å². The second kappa shape index (κ2) is 7.07. The summed E-state index contributed by atoms with van der Waals surface area (Å²) >= 11 is 0. The number of aromatic amines is 1. The minimum Gasteiger partial charge on any atom is -0.369 e. The van der Waals surface area contributed by atoms with Gasteiger partial charge in [0.25, 0.3) is 0 Å². The molecule has 6 heteroatoms. The lowest BCUT2D eigenvalue weighted by molar-refractivity contribution is -0.117. The fraction of sp³-hybridized carbons (Fsp3) is 0.190. The Morgan fingerprint density at radius 3 is 2.74 bits per heavy atom. The molecule has 6 nitrogen and oxygen atoms in total. The van der Waals surface area contributed by atoms with Crippen molar-refractivity contribution in [3.8, 4) is 0 Å². The number of carbonyl (C=O) groups is 1. The van der Waals surface area contributed by atoms with Crippen LogP contribution in [0.25, 0.3) is 11.0 Å². The van der Waals surface area contributed by atoms with Crippen molar-refractivity contribution in [2.75, 3.05) is 0 Å². The molecule has 0 spiro atoms. The van der Waals surface area contributed by atoms with Crippen molar-refractivity contribution < 1.29 is 4.79 Å². The van der Waals surface area contributed by atoms with Crippen LogP contribution in [-0.4, -0.2) is 25.4 Å². The molecule has 4 aromatic rings. The predicted molar refractivity (Wildman–Crippen MR) is 104 cm³/mol. The van der Waals surface area contributed by atoms with E-state index in [1.807, 2.05) is 35.8 Å². The Hall–Kier alpha value is -3.41. The first-order valence-corrected chi connectivity index (χ1v) is 8.89. The average Bonchev–Trinajstić information content (AvgIpc) is 3.18. The van der Waals surface area contributed by atoms with Gasteiger partial charge in [-0.25, -0.2) is 9.97 Å². The highest BCUT2D eigenvalue weighted by Crippen LogP contribution is 2.18. The molecule has 4 rings (SSSR count). The first-order chi connectivity index (χ1) is 13.1. The summed E-state index contributed by atoms with van der Waals surface area (Å²) in [6.07, 6.45) is 2.64. The summed E-state index contributed by atoms with van der Waals surface area (Å²) in [6.45, 7) is 2.56. The summed E-state index contributed by atoms with van der Waals surface area (Å²) in [6, 6.07) is 16.2. The number of carbonyl (C=O) groups excluding carboxylic acids is 1. The van der Waals surface area contributed by atoms with Crippen LogP contribution in [0.3, 0.4) is 0 Å². The van der Waals surface area contributed by atoms with Gasteiger partial charge in [0, 0.05) is 13.0 Å². The fourth-order valence-electron chi connectivity index (χ4n) is 3.37. The Bertz CT molecular complexity index is 1090. The van der Waals surface area contributed by atoms with Gasteiger partial charge >= 0.3 is 0 Å². The standard InChI is InChI=1S/C21H21N5O/c1-14-24-17-8-7-16(10-18(17)25-14)12-26-13-23-19(20(26)11-21(22)27)9-15-5-3-2-4-6-15/h2-8,10,13H,9,11-12H2,1H3,(H2,22,27)(H,24,25). The number of nitrogens with one attached hydrogen (secondary N) is 1. The van der Waals surface area contributed by atoms with Crippen molar-refractivity contribution in [3.63, 3.8) is 0 Å². The number of benzene rings is 2. The third kappa shape index (κ3) is 3.74. The Morgan fingerprint density at radius 1 is 1.15 bits per heavy atom. The number of rotatable bonds is 6. The van der Waals surface area contributed by atoms with Gasteiger partial charge in [0.05, 0.1) is 35.2 Å². The van der Waals surface area contributed by atoms with E-state index in [9.17, 15) is 4.79 Å². The third-order valence-corrected chi connectivity index (χ3v) is 4.61. The molecule has 0 aliphatic heterocycles. The first kappa shape index (κ1) is 17.0. The number of aryl methyl sites for hydroxylation is 1. The maximum absolute atomic E-state index is 11.6. The maximum Gasteiger partial charge on any atom is 0.223 e. The molecular formula is C21H21N5O. The van der Waals surface area contributed by atoms with E-state index in [1.54, 1.807) is 6.33 Å². The normalized spacial score (nSPS) is 11.1. The lowest BCUT2D eigenvalue weighted by Crippen LogP contribution is -2.18. The van der Waals surface area contributed by atoms with Crippen molar-refractivity contribution in [1.29, 1.82) is 0 Å². The molecule has 136 valence electrons. The summed E-state index contributed by atoms with van der Waals surface area (Å²) < 4.78 is 2.00. The molecule has 1 amide bonds. The number of fused-ring (bicyclic) bond motifs is 1. The van der Waals surface area contributed by atoms with E-state index >= 15 is 0 Å². The Balaban J connectivity index is 1.65. The summed E-state index contributed by atoms with van der Waals surface area (Å²) in [5, 5.41) is 0. The molecule has 27 heavy (non-hydrogen) atoms. The van der Waals surface area contributed by atoms with Gasteiger partial charge in [-0.3, -0.25) is 4.79 Å². The second-order valence-corrected chi connectivity index (χ2v) is 6.75. The molecule has 0 atom stereocenters. The van der Waals surface area contributed by atoms with Crippen molar-refractivity contribution >= 4 is 16.9 Å². The number of amides is 1. The van der Waals surface area contributed by atoms with Crippen LogP contribution in [0.4, 0.5) is 0 Å². The summed E-state index contributed by atoms with van der Waals surface area (Å²) in [5.41, 5.74) is 11.5. The lowest BCUT2D eigenvalue weighted by atomic mass is 10.1. The molecule has 0 saturated heterocycles. The van der Waals surface area contributed by atoms with E-state index in [-0.39, 0.29) is 12.3 Å². The van der Waals surface area contributed by atoms with Gasteiger partial charge in [-0.05, 0) is 30.2 Å². The summed E-state index contributed by atoms with van der Waals surface area (Å²) in [7, 11) is 0. The summed E-state index contributed by atoms with van der Waals surface area (Å²) in [4.78, 5) is 23.9. The van der Waals surface area contributed by atoms with E-state index in [2.05, 4.69) is 39.2 Å². The molecule has 3 N–H and O–H groups in total. The smallest absolute Gasteiger partial charge is 0.223 e. The number of hydrogen-bond donors (Lipinski definition) is 2. The Labute approximate surface area is 157 Å². The molecule has 0 aliphatic carbocycles. The monoisotopic (exact) mass is 359 g/mol. The summed E-state index contributed by atoms with van der Waals surface area (Å²) in [5.74, 6) is 0.536. The number of aromatic nitrogens is 4. The van der Waals surface area contributed by atoms with Crippen LogP contribution in [0.15, 0.2) is 54.9 Å². The topological polar surface area (TPSA) is 89.6 Å². The zero-order chi connectivity index (χ0) is 18.8. The van der Waals surface area contributed by atoms with Crippen LogP contribution < -0.4 is 5.73 Å². The van der Waals surface area contributed by atoms with Crippen molar-refractivity contribution in [2.45, 2.75) is 26.3 Å². The van der Waals surface area contributed by atoms with Gasteiger partial charge in [0.2, 0.25) is 5.91 Å². The van der Waals surface area contributed by atoms with Gasteiger partial charge in [0.15, 0.2) is 0 Å². The van der Waals surface area contributed by atoms with Crippen LogP contribution in [0.5, 0.6) is 0 Å². The quantitative estimate of drug-likeness (QED) is 0.555. The molecule has 0 aliphatic rings. The molecule has 2 heterocycles. The number of nitrogens with zero attached hydrogens (tertiary/aromatic N) is 3. The molecular weight excluding hydrogens is 338 g/mol. The second-order valence-electron chi connectivity index (χ2n) is 6.75. The highest BCUT2D eigenvalue weighted by atomic mass is 16.1. The molecule has 0 fully saturated rings. The van der Waals surface area contributed by atoms with Gasteiger partial charge in [-0.1, -0.05) is 36.4 Å². The largest absolute Gasteiger partial charge is 0.369 e. The highest BCUT2D eigenvalue weighted by Gasteiger charge is 2.14. The molecule has 0 unspecified atom stereocenters. The van der Waals surface area contributed by atoms with E-state index in [0.717, 1.165) is 39.4 Å². The minimum atomic E-state index is -0.357. The van der Waals surface area contributed by atoms with Crippen molar-refractivity contribution in [2.24, 2.45) is 5.73 Å². The highest BCUT2D eigenvalue weighted by molar-refractivity contribution is 5.77. The van der Waals surface area contributed by atoms with Gasteiger partial charge in [-0.2, -0.15) is 0 Å². The van der Waals surface area contributed by atoms with Gasteiger partial charge < -0.3 is 15.3 Å². The molecule has 2 aromatic carbocycles. The molecule has 0 bridgehead atoms. The van der Waals surface area contributed by atoms with Crippen LogP contribution in [0, 0.1) is 6.92 Å². The number of imidazole rings is 2. The van der Waals surface area contributed by atoms with E-state index < -0.39 is 0 Å². The fourth-order valence-corrected chi connectivity index (χ4v) is 3.37. The van der Waals surface area contributed by atoms with Crippen molar-refractivity contribution in [3.05, 3.63) is 83.2 Å². The Kier molecular flexibility index (Phi) is 4.46. The van der Waals surface area contributed by atoms with Gasteiger partial charge in [-0.15, -0.1) is 0 Å². The molecule has 0 radical (unpaired) electrons. The average molecular weight is 359 g/mol. The lowest BCUT2D eigenvalue weighted by Gasteiger charge is -2.09. The van der Waals surface area contributed by atoms with Crippen LogP contribution in [0.2, 0.25) is 0 Å². The van der Waals surface area contributed by atoms with Crippen LogP contribution >= 0.6 is 0 Å². The van der Waals surface area contributed by atoms with Crippen LogP contribution in [-0.2, 0) is 24.2 Å².